The van der Waals surface area contributed by atoms with E-state index in [9.17, 15) is 30.6 Å². The van der Waals surface area contributed by atoms with Crippen molar-refractivity contribution in [2.75, 3.05) is 5.75 Å². The lowest BCUT2D eigenvalue weighted by Gasteiger charge is -2.10. The van der Waals surface area contributed by atoms with Gasteiger partial charge in [-0.3, -0.25) is 4.21 Å². The molecule has 6 nitrogen and oxygen atoms in total. The lowest BCUT2D eigenvalue weighted by molar-refractivity contribution is -0.138. The second-order valence-electron chi connectivity index (χ2n) is 7.02. The molecule has 4 rings (SSSR count). The van der Waals surface area contributed by atoms with E-state index in [2.05, 4.69) is 15.1 Å². The van der Waals surface area contributed by atoms with Crippen LogP contribution in [0.5, 0.6) is 0 Å². The molecule has 3 aromatic heterocycles. The fourth-order valence-corrected chi connectivity index (χ4v) is 4.13. The summed E-state index contributed by atoms with van der Waals surface area (Å²) in [6, 6.07) is 5.88. The van der Waals surface area contributed by atoms with Crippen LogP contribution in [-0.4, -0.2) is 34.3 Å². The van der Waals surface area contributed by atoms with Crippen molar-refractivity contribution < 1.29 is 30.6 Å². The molecular weight excluding hydrogens is 472 g/mol. The number of alkyl halides is 6. The predicted octanol–water partition coefficient (Wildman–Crippen LogP) is 4.99. The van der Waals surface area contributed by atoms with Gasteiger partial charge < -0.3 is 4.57 Å². The molecule has 0 fully saturated rings. The zero-order valence-electron chi connectivity index (χ0n) is 17.1. The van der Waals surface area contributed by atoms with Gasteiger partial charge in [0.25, 0.3) is 0 Å². The first-order valence-electron chi connectivity index (χ1n) is 9.46. The Kier molecular flexibility index (Phi) is 5.55. The molecule has 0 bridgehead atoms. The minimum absolute atomic E-state index is 0.000361. The van der Waals surface area contributed by atoms with E-state index in [0.717, 1.165) is 23.0 Å². The Balaban J connectivity index is 1.90. The molecular formula is C20H15F6N5OS. The van der Waals surface area contributed by atoms with Crippen molar-refractivity contribution in [1.82, 2.24) is 24.3 Å². The molecule has 0 N–H and O–H groups in total. The van der Waals surface area contributed by atoms with Crippen LogP contribution in [0.2, 0.25) is 0 Å². The topological polar surface area (TPSA) is 65.6 Å². The molecule has 0 saturated carbocycles. The summed E-state index contributed by atoms with van der Waals surface area (Å²) in [7, 11) is 0.0263. The van der Waals surface area contributed by atoms with E-state index in [-0.39, 0.29) is 33.5 Å². The average molecular weight is 487 g/mol. The van der Waals surface area contributed by atoms with Crippen LogP contribution in [0.25, 0.3) is 28.4 Å². The first-order chi connectivity index (χ1) is 15.4. The molecule has 1 aromatic carbocycles. The van der Waals surface area contributed by atoms with Crippen molar-refractivity contribution >= 4 is 21.8 Å². The molecule has 174 valence electrons. The van der Waals surface area contributed by atoms with Gasteiger partial charge in [-0.05, 0) is 30.3 Å². The minimum atomic E-state index is -4.60. The lowest BCUT2D eigenvalue weighted by Crippen LogP contribution is -2.07. The Morgan fingerprint density at radius 2 is 1.67 bits per heavy atom. The van der Waals surface area contributed by atoms with Crippen molar-refractivity contribution in [1.29, 1.82) is 0 Å². The number of aromatic nitrogens is 5. The van der Waals surface area contributed by atoms with Crippen molar-refractivity contribution in [3.05, 3.63) is 53.9 Å². The van der Waals surface area contributed by atoms with Crippen LogP contribution in [0.15, 0.2) is 47.6 Å². The van der Waals surface area contributed by atoms with Crippen LogP contribution < -0.4 is 0 Å². The van der Waals surface area contributed by atoms with Gasteiger partial charge in [0.1, 0.15) is 5.69 Å². The SMILES string of the molecule is CCS(=O)c1ccc(-n2cc(C(F)(F)F)cn2)nc1-c1nc2cc(C(F)(F)F)ccc2n1C. The van der Waals surface area contributed by atoms with Crippen molar-refractivity contribution in [3.63, 3.8) is 0 Å². The highest BCUT2D eigenvalue weighted by Crippen LogP contribution is 2.34. The van der Waals surface area contributed by atoms with Gasteiger partial charge >= 0.3 is 12.4 Å². The highest BCUT2D eigenvalue weighted by molar-refractivity contribution is 7.85. The number of benzene rings is 1. The first kappa shape index (κ1) is 23.0. The molecule has 0 aliphatic rings. The summed E-state index contributed by atoms with van der Waals surface area (Å²) in [6.45, 7) is 1.67. The number of rotatable bonds is 4. The average Bonchev–Trinajstić information content (AvgIpc) is 3.37. The number of imidazole rings is 1. The number of pyridine rings is 1. The largest absolute Gasteiger partial charge is 0.419 e. The second-order valence-corrected chi connectivity index (χ2v) is 8.73. The molecule has 4 aromatic rings. The van der Waals surface area contributed by atoms with Gasteiger partial charge in [-0.2, -0.15) is 31.4 Å². The van der Waals surface area contributed by atoms with Gasteiger partial charge in [0.2, 0.25) is 0 Å². The summed E-state index contributed by atoms with van der Waals surface area (Å²) in [5, 5.41) is 3.69. The van der Waals surface area contributed by atoms with Gasteiger partial charge in [-0.15, -0.1) is 0 Å². The third-order valence-corrected chi connectivity index (χ3v) is 6.26. The third kappa shape index (κ3) is 4.24. The predicted molar refractivity (Wildman–Crippen MR) is 108 cm³/mol. The molecule has 0 aliphatic heterocycles. The minimum Gasteiger partial charge on any atom is -0.326 e. The van der Waals surface area contributed by atoms with Gasteiger partial charge in [-0.25, -0.2) is 14.6 Å². The van der Waals surface area contributed by atoms with Crippen LogP contribution in [0.4, 0.5) is 26.3 Å². The quantitative estimate of drug-likeness (QED) is 0.381. The number of hydrogen-bond donors (Lipinski definition) is 0. The zero-order chi connectivity index (χ0) is 24.1. The fourth-order valence-electron chi connectivity index (χ4n) is 3.25. The highest BCUT2D eigenvalue weighted by atomic mass is 32.2. The molecule has 1 unspecified atom stereocenters. The summed E-state index contributed by atoms with van der Waals surface area (Å²) >= 11 is 0. The van der Waals surface area contributed by atoms with Gasteiger partial charge in [0.15, 0.2) is 11.6 Å². The number of hydrogen-bond acceptors (Lipinski definition) is 4. The molecule has 13 heteroatoms. The van der Waals surface area contributed by atoms with E-state index < -0.39 is 34.3 Å². The summed E-state index contributed by atoms with van der Waals surface area (Å²) in [6.07, 6.45) is -7.76. The maximum Gasteiger partial charge on any atom is 0.419 e. The van der Waals surface area contributed by atoms with E-state index in [0.29, 0.717) is 11.7 Å². The van der Waals surface area contributed by atoms with Crippen LogP contribution in [0.3, 0.4) is 0 Å². The van der Waals surface area contributed by atoms with Gasteiger partial charge in [0, 0.05) is 19.0 Å². The van der Waals surface area contributed by atoms with E-state index in [1.807, 2.05) is 0 Å². The molecule has 33 heavy (non-hydrogen) atoms. The van der Waals surface area contributed by atoms with Crippen LogP contribution in [-0.2, 0) is 30.2 Å². The Morgan fingerprint density at radius 1 is 0.970 bits per heavy atom. The number of nitrogens with zero attached hydrogens (tertiary/aromatic N) is 5. The van der Waals surface area contributed by atoms with E-state index >= 15 is 0 Å². The number of halogens is 6. The summed E-state index contributed by atoms with van der Waals surface area (Å²) in [5.74, 6) is 0.336. The van der Waals surface area contributed by atoms with Crippen molar-refractivity contribution in [2.24, 2.45) is 7.05 Å². The summed E-state index contributed by atoms with van der Waals surface area (Å²) in [4.78, 5) is 8.86. The maximum atomic E-state index is 13.1. The standard InChI is InChI=1S/C20H15F6N5OS/c1-3-33(32)15-6-7-16(31-10-12(9-27-31)20(24,25)26)29-17(15)18-28-13-8-11(19(21,22)23)4-5-14(13)30(18)2/h4-10H,3H2,1-2H3. The Labute approximate surface area is 185 Å². The Hall–Kier alpha value is -3.22. The number of aryl methyl sites for hydroxylation is 1. The first-order valence-corrected chi connectivity index (χ1v) is 10.8. The van der Waals surface area contributed by atoms with Crippen LogP contribution >= 0.6 is 0 Å². The fraction of sp³-hybridized carbons (Fsp3) is 0.250. The highest BCUT2D eigenvalue weighted by Gasteiger charge is 2.33. The van der Waals surface area contributed by atoms with E-state index in [4.69, 9.17) is 0 Å². The molecule has 0 spiro atoms. The summed E-state index contributed by atoms with van der Waals surface area (Å²) in [5.41, 5.74) is -1.37. The molecule has 0 aliphatic carbocycles. The third-order valence-electron chi connectivity index (χ3n) is 4.92. The van der Waals surface area contributed by atoms with Crippen molar-refractivity contribution in [2.45, 2.75) is 24.2 Å². The van der Waals surface area contributed by atoms with Crippen LogP contribution in [0.1, 0.15) is 18.1 Å². The molecule has 0 saturated heterocycles. The van der Waals surface area contributed by atoms with E-state index in [1.54, 1.807) is 14.0 Å². The molecule has 3 heterocycles. The second kappa shape index (κ2) is 7.97. The van der Waals surface area contributed by atoms with Crippen molar-refractivity contribution in [3.8, 4) is 17.3 Å². The number of fused-ring (bicyclic) bond motifs is 1. The molecule has 1 atom stereocenters. The maximum absolute atomic E-state index is 13.1. The van der Waals surface area contributed by atoms with Gasteiger partial charge in [0.05, 0.1) is 44.1 Å². The smallest absolute Gasteiger partial charge is 0.326 e. The zero-order valence-corrected chi connectivity index (χ0v) is 17.9. The Bertz CT molecular complexity index is 1370. The van der Waals surface area contributed by atoms with Gasteiger partial charge in [-0.1, -0.05) is 6.92 Å². The molecule has 0 amide bonds. The normalized spacial score (nSPS) is 13.6. The van der Waals surface area contributed by atoms with Crippen LogP contribution in [0, 0.1) is 0 Å². The monoisotopic (exact) mass is 487 g/mol. The lowest BCUT2D eigenvalue weighted by atomic mass is 10.2. The van der Waals surface area contributed by atoms with E-state index in [1.165, 1.54) is 22.8 Å². The summed E-state index contributed by atoms with van der Waals surface area (Å²) < 4.78 is 93.2. The molecule has 0 radical (unpaired) electrons. The Morgan fingerprint density at radius 3 is 2.27 bits per heavy atom.